The molecule has 0 heterocycles. The van der Waals surface area contributed by atoms with Gasteiger partial charge in [-0.05, 0) is 25.0 Å². The van der Waals surface area contributed by atoms with Crippen LogP contribution in [-0.2, 0) is 6.61 Å². The Labute approximate surface area is 82.6 Å². The maximum absolute atomic E-state index is 13.2. The Morgan fingerprint density at radius 3 is 2.79 bits per heavy atom. The third-order valence-corrected chi connectivity index (χ3v) is 2.22. The molecule has 1 aromatic rings. The first-order valence-electron chi connectivity index (χ1n) is 4.70. The normalized spacial score (nSPS) is 14.7. The molecule has 0 bridgehead atoms. The number of aliphatic hydroxyl groups excluding tert-OH is 1. The second-order valence-electron chi connectivity index (χ2n) is 3.51. The predicted molar refractivity (Wildman–Crippen MR) is 51.9 cm³/mol. The fraction of sp³-hybridized carbons (Fsp3) is 0.333. The average Bonchev–Trinajstić information content (AvgIpc) is 2.98. The van der Waals surface area contributed by atoms with E-state index in [4.69, 9.17) is 5.11 Å². The number of rotatable bonds is 1. The number of benzene rings is 1. The zero-order chi connectivity index (χ0) is 9.97. The van der Waals surface area contributed by atoms with Crippen LogP contribution in [0.3, 0.4) is 0 Å². The monoisotopic (exact) mass is 190 g/mol. The molecule has 1 N–H and O–H groups in total. The maximum atomic E-state index is 13.2. The summed E-state index contributed by atoms with van der Waals surface area (Å²) in [6.45, 7) is -0.262. The summed E-state index contributed by atoms with van der Waals surface area (Å²) in [6.07, 6.45) is 2.34. The highest BCUT2D eigenvalue weighted by atomic mass is 19.1. The van der Waals surface area contributed by atoms with Crippen molar-refractivity contribution in [2.45, 2.75) is 19.4 Å². The summed E-state index contributed by atoms with van der Waals surface area (Å²) in [5.74, 6) is 6.13. The molecule has 1 aliphatic rings. The van der Waals surface area contributed by atoms with Gasteiger partial charge in [0.2, 0.25) is 0 Å². The lowest BCUT2D eigenvalue weighted by molar-refractivity contribution is 0.275. The van der Waals surface area contributed by atoms with Crippen LogP contribution in [-0.4, -0.2) is 5.11 Å². The van der Waals surface area contributed by atoms with E-state index in [0.29, 0.717) is 17.0 Å². The van der Waals surface area contributed by atoms with Crippen LogP contribution >= 0.6 is 0 Å². The van der Waals surface area contributed by atoms with Gasteiger partial charge in [-0.25, -0.2) is 4.39 Å². The van der Waals surface area contributed by atoms with Crippen LogP contribution in [0.15, 0.2) is 18.2 Å². The first-order valence-corrected chi connectivity index (χ1v) is 4.70. The third kappa shape index (κ3) is 2.12. The van der Waals surface area contributed by atoms with E-state index in [1.807, 2.05) is 0 Å². The number of halogens is 1. The van der Waals surface area contributed by atoms with Gasteiger partial charge >= 0.3 is 0 Å². The van der Waals surface area contributed by atoms with Gasteiger partial charge in [0.15, 0.2) is 0 Å². The Morgan fingerprint density at radius 2 is 2.21 bits per heavy atom. The Kier molecular flexibility index (Phi) is 2.51. The van der Waals surface area contributed by atoms with Crippen LogP contribution in [0.4, 0.5) is 4.39 Å². The van der Waals surface area contributed by atoms with E-state index in [0.717, 1.165) is 0 Å². The number of hydrogen-bond acceptors (Lipinski definition) is 1. The summed E-state index contributed by atoms with van der Waals surface area (Å²) in [6, 6.07) is 4.69. The van der Waals surface area contributed by atoms with Gasteiger partial charge in [0.1, 0.15) is 5.82 Å². The molecule has 0 aromatic heterocycles. The van der Waals surface area contributed by atoms with E-state index in [9.17, 15) is 4.39 Å². The molecule has 0 radical (unpaired) electrons. The smallest absolute Gasteiger partial charge is 0.129 e. The minimum atomic E-state index is -0.380. The second-order valence-corrected chi connectivity index (χ2v) is 3.51. The van der Waals surface area contributed by atoms with Gasteiger partial charge in [-0.2, -0.15) is 0 Å². The average molecular weight is 190 g/mol. The van der Waals surface area contributed by atoms with E-state index in [2.05, 4.69) is 11.8 Å². The minimum absolute atomic E-state index is 0.262. The quantitative estimate of drug-likeness (QED) is 0.672. The van der Waals surface area contributed by atoms with E-state index in [-0.39, 0.29) is 12.4 Å². The molecule has 0 amide bonds. The van der Waals surface area contributed by atoms with Crippen LogP contribution in [0.2, 0.25) is 0 Å². The summed E-state index contributed by atoms with van der Waals surface area (Å²) >= 11 is 0. The van der Waals surface area contributed by atoms with Crippen molar-refractivity contribution in [3.63, 3.8) is 0 Å². The summed E-state index contributed by atoms with van der Waals surface area (Å²) in [4.78, 5) is 0. The number of aliphatic hydroxyl groups is 1. The summed E-state index contributed by atoms with van der Waals surface area (Å²) < 4.78 is 13.2. The fourth-order valence-electron chi connectivity index (χ4n) is 1.17. The molecule has 1 saturated carbocycles. The van der Waals surface area contributed by atoms with Crippen LogP contribution in [0, 0.1) is 23.6 Å². The van der Waals surface area contributed by atoms with Crippen molar-refractivity contribution in [1.29, 1.82) is 0 Å². The third-order valence-electron chi connectivity index (χ3n) is 2.22. The Balaban J connectivity index is 2.20. The van der Waals surface area contributed by atoms with Crippen molar-refractivity contribution < 1.29 is 9.50 Å². The van der Waals surface area contributed by atoms with Crippen LogP contribution in [0.5, 0.6) is 0 Å². The lowest BCUT2D eigenvalue weighted by atomic mass is 10.1. The molecule has 1 aliphatic carbocycles. The lowest BCUT2D eigenvalue weighted by Crippen LogP contribution is -1.90. The van der Waals surface area contributed by atoms with Gasteiger partial charge in [0.05, 0.1) is 6.61 Å². The van der Waals surface area contributed by atoms with Crippen molar-refractivity contribution in [1.82, 2.24) is 0 Å². The maximum Gasteiger partial charge on any atom is 0.129 e. The van der Waals surface area contributed by atoms with Crippen molar-refractivity contribution in [2.24, 2.45) is 5.92 Å². The van der Waals surface area contributed by atoms with Crippen molar-refractivity contribution >= 4 is 0 Å². The molecular formula is C12H11FO. The van der Waals surface area contributed by atoms with Crippen LogP contribution in [0.1, 0.15) is 24.0 Å². The van der Waals surface area contributed by atoms with Crippen molar-refractivity contribution in [3.8, 4) is 11.8 Å². The Bertz CT molecular complexity index is 397. The zero-order valence-electron chi connectivity index (χ0n) is 7.76. The van der Waals surface area contributed by atoms with Gasteiger partial charge in [-0.15, -0.1) is 0 Å². The topological polar surface area (TPSA) is 20.2 Å². The van der Waals surface area contributed by atoms with Gasteiger partial charge < -0.3 is 5.11 Å². The summed E-state index contributed by atoms with van der Waals surface area (Å²) in [7, 11) is 0. The number of hydrogen-bond donors (Lipinski definition) is 1. The largest absolute Gasteiger partial charge is 0.392 e. The highest BCUT2D eigenvalue weighted by molar-refractivity contribution is 5.37. The molecule has 2 rings (SSSR count). The first kappa shape index (κ1) is 9.23. The molecule has 72 valence electrons. The standard InChI is InChI=1S/C12H11FO/c13-12-7-10(4-3-9-1-2-9)5-6-11(12)8-14/h5-7,9,14H,1-2,8H2. The zero-order valence-corrected chi connectivity index (χ0v) is 7.76. The summed E-state index contributed by atoms with van der Waals surface area (Å²) in [5, 5.41) is 8.76. The van der Waals surface area contributed by atoms with Crippen LogP contribution in [0.25, 0.3) is 0 Å². The van der Waals surface area contributed by atoms with Gasteiger partial charge in [-0.3, -0.25) is 0 Å². The van der Waals surface area contributed by atoms with Crippen molar-refractivity contribution in [3.05, 3.63) is 35.1 Å². The molecule has 1 fully saturated rings. The highest BCUT2D eigenvalue weighted by Gasteiger charge is 2.17. The van der Waals surface area contributed by atoms with Crippen molar-refractivity contribution in [2.75, 3.05) is 0 Å². The molecule has 0 aliphatic heterocycles. The molecule has 1 nitrogen and oxygen atoms in total. The minimum Gasteiger partial charge on any atom is -0.392 e. The molecule has 1 aromatic carbocycles. The first-order chi connectivity index (χ1) is 6.79. The van der Waals surface area contributed by atoms with E-state index in [1.165, 1.54) is 18.9 Å². The van der Waals surface area contributed by atoms with Gasteiger partial charge in [-0.1, -0.05) is 17.9 Å². The van der Waals surface area contributed by atoms with Gasteiger partial charge in [0, 0.05) is 17.0 Å². The molecular weight excluding hydrogens is 179 g/mol. The lowest BCUT2D eigenvalue weighted by Gasteiger charge is -1.98. The fourth-order valence-corrected chi connectivity index (χ4v) is 1.17. The molecule has 14 heavy (non-hydrogen) atoms. The van der Waals surface area contributed by atoms with E-state index >= 15 is 0 Å². The molecule has 0 atom stereocenters. The molecule has 0 saturated heterocycles. The van der Waals surface area contributed by atoms with Crippen LogP contribution < -0.4 is 0 Å². The summed E-state index contributed by atoms with van der Waals surface area (Å²) in [5.41, 5.74) is 1.01. The van der Waals surface area contributed by atoms with E-state index in [1.54, 1.807) is 12.1 Å². The van der Waals surface area contributed by atoms with Gasteiger partial charge in [0.25, 0.3) is 0 Å². The Morgan fingerprint density at radius 1 is 1.43 bits per heavy atom. The second kappa shape index (κ2) is 3.81. The van der Waals surface area contributed by atoms with E-state index < -0.39 is 0 Å². The predicted octanol–water partition coefficient (Wildman–Crippen LogP) is 2.08. The SMILES string of the molecule is OCc1ccc(C#CC2CC2)cc1F. The Hall–Kier alpha value is -1.33. The highest BCUT2D eigenvalue weighted by Crippen LogP contribution is 2.27. The molecule has 2 heteroatoms. The molecule has 0 spiro atoms. The molecule has 0 unspecified atom stereocenters.